The predicted octanol–water partition coefficient (Wildman–Crippen LogP) is 3.03. The normalized spacial score (nSPS) is 20.1. The van der Waals surface area contributed by atoms with Crippen molar-refractivity contribution in [3.8, 4) is 5.75 Å². The van der Waals surface area contributed by atoms with Gasteiger partial charge in [-0.3, -0.25) is 19.3 Å². The molecule has 2 N–H and O–H groups in total. The van der Waals surface area contributed by atoms with Crippen LogP contribution in [-0.4, -0.2) is 58.0 Å². The van der Waals surface area contributed by atoms with Crippen molar-refractivity contribution in [1.82, 2.24) is 9.58 Å². The number of rotatable bonds is 5. The first-order chi connectivity index (χ1) is 19.6. The van der Waals surface area contributed by atoms with Crippen LogP contribution in [0.2, 0.25) is 0 Å². The number of hydrogen-bond donors (Lipinski definition) is 2. The average molecular weight is 608 g/mol. The largest absolute Gasteiger partial charge is 0.472 e. The van der Waals surface area contributed by atoms with E-state index < -0.39 is 55.5 Å². The number of hydrogen-bond acceptors (Lipinski definition) is 8. The minimum absolute atomic E-state index is 0.0820. The molecule has 0 aliphatic carbocycles. The number of pyridine rings is 1. The van der Waals surface area contributed by atoms with Gasteiger partial charge < -0.3 is 24.2 Å². The third-order valence-corrected chi connectivity index (χ3v) is 8.80. The van der Waals surface area contributed by atoms with Crippen molar-refractivity contribution in [3.05, 3.63) is 92.4 Å². The van der Waals surface area contributed by atoms with Crippen LogP contribution in [0.1, 0.15) is 38.8 Å². The number of nitrogens with zero attached hydrogens (tertiary/aromatic N) is 3. The van der Waals surface area contributed by atoms with Gasteiger partial charge in [0.05, 0.1) is 19.3 Å². The van der Waals surface area contributed by atoms with E-state index in [4.69, 9.17) is 19.3 Å². The molecule has 11 nitrogen and oxygen atoms in total. The number of carbonyl (C=O) groups is 1. The summed E-state index contributed by atoms with van der Waals surface area (Å²) in [6.07, 6.45) is 0.741. The lowest BCUT2D eigenvalue weighted by molar-refractivity contribution is -0.0203. The zero-order valence-corrected chi connectivity index (χ0v) is 23.2. The molecule has 0 bridgehead atoms. The number of aromatic nitrogens is 1. The average Bonchev–Trinajstić information content (AvgIpc) is 3.10. The number of phosphoric ester groups is 1. The Labute approximate surface area is 236 Å². The molecule has 0 radical (unpaired) electrons. The highest BCUT2D eigenvalue weighted by atomic mass is 32.2. The first-order valence-electron chi connectivity index (χ1n) is 12.5. The molecule has 1 fully saturated rings. The van der Waals surface area contributed by atoms with E-state index in [0.717, 1.165) is 16.5 Å². The van der Waals surface area contributed by atoms with Gasteiger partial charge in [0.25, 0.3) is 5.91 Å². The summed E-state index contributed by atoms with van der Waals surface area (Å²) in [4.78, 5) is 47.6. The van der Waals surface area contributed by atoms with Crippen LogP contribution in [0.25, 0.3) is 0 Å². The minimum atomic E-state index is -4.94. The summed E-state index contributed by atoms with van der Waals surface area (Å²) in [7, 11) is -4.94. The van der Waals surface area contributed by atoms with Crippen molar-refractivity contribution >= 4 is 25.5 Å². The lowest BCUT2D eigenvalue weighted by Gasteiger charge is -2.51. The van der Waals surface area contributed by atoms with E-state index in [-0.39, 0.29) is 42.3 Å². The van der Waals surface area contributed by atoms with Crippen LogP contribution in [0.4, 0.5) is 8.78 Å². The molecule has 4 heterocycles. The van der Waals surface area contributed by atoms with Gasteiger partial charge in [0.15, 0.2) is 17.3 Å². The van der Waals surface area contributed by atoms with Crippen molar-refractivity contribution in [2.24, 2.45) is 0 Å². The fourth-order valence-electron chi connectivity index (χ4n) is 5.44. The zero-order valence-electron chi connectivity index (χ0n) is 21.5. The number of phosphoric acid groups is 1. The van der Waals surface area contributed by atoms with Gasteiger partial charge in [-0.2, -0.15) is 0 Å². The summed E-state index contributed by atoms with van der Waals surface area (Å²) in [5.74, 6) is -2.81. The summed E-state index contributed by atoms with van der Waals surface area (Å²) in [5, 5.41) is 1.78. The Morgan fingerprint density at radius 3 is 2.71 bits per heavy atom. The van der Waals surface area contributed by atoms with E-state index in [9.17, 15) is 18.5 Å². The lowest BCUT2D eigenvalue weighted by Crippen LogP contribution is -2.66. The van der Waals surface area contributed by atoms with Gasteiger partial charge in [-0.25, -0.2) is 17.9 Å². The van der Waals surface area contributed by atoms with E-state index in [2.05, 4.69) is 4.52 Å². The SMILES string of the molecule is Cc1cn2c(c(OCOP(=O)(O)O)c1=O)C(=O)N1CCOC[C@H]1N2[C@@H]1c2ccccc2SCc2c1ccc(F)c2F. The Kier molecular flexibility index (Phi) is 7.17. The minimum Gasteiger partial charge on any atom is -0.460 e. The maximum absolute atomic E-state index is 15.3. The summed E-state index contributed by atoms with van der Waals surface area (Å²) in [6, 6.07) is 9.23. The Bertz CT molecular complexity index is 1660. The molecule has 6 rings (SSSR count). The summed E-state index contributed by atoms with van der Waals surface area (Å²) >= 11 is 1.36. The van der Waals surface area contributed by atoms with Crippen molar-refractivity contribution in [2.45, 2.75) is 29.8 Å². The van der Waals surface area contributed by atoms with E-state index in [0.29, 0.717) is 5.56 Å². The molecule has 216 valence electrons. The second kappa shape index (κ2) is 10.5. The van der Waals surface area contributed by atoms with Gasteiger partial charge in [-0.05, 0) is 30.2 Å². The van der Waals surface area contributed by atoms with E-state index >= 15 is 4.39 Å². The fourth-order valence-corrected chi connectivity index (χ4v) is 6.74. The molecule has 0 unspecified atom stereocenters. The molecule has 1 amide bonds. The van der Waals surface area contributed by atoms with Crippen LogP contribution in [0.15, 0.2) is 52.3 Å². The summed E-state index contributed by atoms with van der Waals surface area (Å²) in [5.41, 5.74) is 0.682. The van der Waals surface area contributed by atoms with E-state index in [1.54, 1.807) is 5.01 Å². The number of ether oxygens (including phenoxy) is 2. The molecule has 3 aromatic rings. The van der Waals surface area contributed by atoms with Gasteiger partial charge in [0, 0.05) is 34.5 Å². The van der Waals surface area contributed by atoms with Crippen LogP contribution in [-0.2, 0) is 19.6 Å². The number of thioether (sulfide) groups is 1. The number of carbonyl (C=O) groups excluding carboxylic acids is 1. The predicted molar refractivity (Wildman–Crippen MR) is 142 cm³/mol. The Morgan fingerprint density at radius 2 is 1.93 bits per heavy atom. The van der Waals surface area contributed by atoms with Crippen molar-refractivity contribution in [2.75, 3.05) is 31.6 Å². The van der Waals surface area contributed by atoms with Crippen LogP contribution in [0.5, 0.6) is 5.75 Å². The highest BCUT2D eigenvalue weighted by Gasteiger charge is 2.46. The molecule has 0 spiro atoms. The van der Waals surface area contributed by atoms with Crippen LogP contribution in [0, 0.1) is 18.6 Å². The van der Waals surface area contributed by atoms with Gasteiger partial charge in [0.2, 0.25) is 18.0 Å². The first kappa shape index (κ1) is 27.9. The third-order valence-electron chi connectivity index (χ3n) is 7.25. The van der Waals surface area contributed by atoms with E-state index in [1.165, 1.54) is 40.5 Å². The summed E-state index contributed by atoms with van der Waals surface area (Å²) in [6.45, 7) is 0.967. The highest BCUT2D eigenvalue weighted by Crippen LogP contribution is 2.45. The fraction of sp³-hybridized carbons (Fsp3) is 0.308. The van der Waals surface area contributed by atoms with E-state index in [1.807, 2.05) is 24.3 Å². The molecule has 3 aliphatic heterocycles. The van der Waals surface area contributed by atoms with Crippen LogP contribution in [0.3, 0.4) is 0 Å². The molecule has 1 aromatic heterocycles. The molecular formula is C26H24F2N3O8PS. The number of halogens is 2. The number of amides is 1. The first-order valence-corrected chi connectivity index (χ1v) is 15.0. The highest BCUT2D eigenvalue weighted by molar-refractivity contribution is 7.98. The van der Waals surface area contributed by atoms with Gasteiger partial charge in [-0.15, -0.1) is 11.8 Å². The Balaban J connectivity index is 1.62. The van der Waals surface area contributed by atoms with Crippen LogP contribution < -0.4 is 15.2 Å². The number of fused-ring (bicyclic) bond motifs is 4. The van der Waals surface area contributed by atoms with Crippen molar-refractivity contribution in [1.29, 1.82) is 0 Å². The molecular weight excluding hydrogens is 583 g/mol. The second-order valence-corrected chi connectivity index (χ2v) is 11.9. The number of morpholine rings is 1. The van der Waals surface area contributed by atoms with Gasteiger partial charge >= 0.3 is 7.82 Å². The Morgan fingerprint density at radius 1 is 1.15 bits per heavy atom. The molecule has 3 aliphatic rings. The second-order valence-electron chi connectivity index (χ2n) is 9.64. The number of aryl methyl sites for hydroxylation is 1. The Hall–Kier alpha value is -3.26. The van der Waals surface area contributed by atoms with Crippen LogP contribution >= 0.6 is 19.6 Å². The quantitative estimate of drug-likeness (QED) is 0.330. The third kappa shape index (κ3) is 4.84. The lowest BCUT2D eigenvalue weighted by atomic mass is 9.93. The standard InChI is InChI=1S/C26H24F2N3O8PS/c1-14-10-30-23(25(24(14)32)38-13-39-40(34,35)36)26(33)29-8-9-37-11-20(29)31(30)22-15-6-7-18(27)21(28)17(15)12-41-19-5-3-2-4-16(19)22/h2-7,10,20,22H,8-9,11-13H2,1H3,(H2,34,35,36)/t20-,22+/m1/s1. The van der Waals surface area contributed by atoms with Gasteiger partial charge in [-0.1, -0.05) is 24.3 Å². The summed E-state index contributed by atoms with van der Waals surface area (Å²) < 4.78 is 58.0. The smallest absolute Gasteiger partial charge is 0.460 e. The van der Waals surface area contributed by atoms with Crippen molar-refractivity contribution < 1.29 is 41.9 Å². The maximum Gasteiger partial charge on any atom is 0.472 e. The molecule has 41 heavy (non-hydrogen) atoms. The topological polar surface area (TPSA) is 131 Å². The maximum atomic E-state index is 15.3. The molecule has 2 atom stereocenters. The number of benzene rings is 2. The zero-order chi connectivity index (χ0) is 29.1. The molecule has 1 saturated heterocycles. The molecule has 2 aromatic carbocycles. The molecule has 0 saturated carbocycles. The van der Waals surface area contributed by atoms with Gasteiger partial charge in [0.1, 0.15) is 6.17 Å². The monoisotopic (exact) mass is 607 g/mol. The van der Waals surface area contributed by atoms with Crippen molar-refractivity contribution in [3.63, 3.8) is 0 Å². The molecule has 15 heteroatoms.